The van der Waals surface area contributed by atoms with Gasteiger partial charge in [0, 0.05) is 10.6 Å². The summed E-state index contributed by atoms with van der Waals surface area (Å²) in [5.41, 5.74) is 1.04. The average molecular weight is 365 g/mol. The molecule has 1 heterocycles. The van der Waals surface area contributed by atoms with Crippen LogP contribution in [0.25, 0.3) is 6.08 Å². The first-order chi connectivity index (χ1) is 11.0. The number of hydrogen-bond donors (Lipinski definition) is 2. The molecule has 0 bridgehead atoms. The van der Waals surface area contributed by atoms with Crippen LogP contribution in [0.15, 0.2) is 52.4 Å². The monoisotopic (exact) mass is 364 g/mol. The van der Waals surface area contributed by atoms with E-state index in [-0.39, 0.29) is 11.7 Å². The molecule has 1 aliphatic heterocycles. The van der Waals surface area contributed by atoms with Gasteiger partial charge in [-0.15, -0.1) is 0 Å². The molecule has 0 saturated carbocycles. The van der Waals surface area contributed by atoms with Crippen molar-refractivity contribution in [1.29, 1.82) is 0 Å². The minimum Gasteiger partial charge on any atom is -0.507 e. The number of amidine groups is 1. The van der Waals surface area contributed by atoms with Gasteiger partial charge in [0.15, 0.2) is 5.17 Å². The summed E-state index contributed by atoms with van der Waals surface area (Å²) in [5, 5.41) is 13.8. The van der Waals surface area contributed by atoms with Crippen molar-refractivity contribution in [2.45, 2.75) is 0 Å². The van der Waals surface area contributed by atoms with Gasteiger partial charge in [0.25, 0.3) is 5.91 Å². The second-order valence-electron chi connectivity index (χ2n) is 4.64. The van der Waals surface area contributed by atoms with Crippen LogP contribution in [0.4, 0.5) is 5.69 Å². The van der Waals surface area contributed by atoms with Crippen molar-refractivity contribution in [3.63, 3.8) is 0 Å². The SMILES string of the molecule is O=C1NC(=Nc2cc(Cl)ccc2Cl)S/C1=C/c1ccccc1O. The third-order valence-corrected chi connectivity index (χ3v) is 4.47. The maximum Gasteiger partial charge on any atom is 0.264 e. The summed E-state index contributed by atoms with van der Waals surface area (Å²) >= 11 is 13.2. The number of nitrogens with zero attached hydrogens (tertiary/aromatic N) is 1. The Morgan fingerprint density at radius 2 is 1.96 bits per heavy atom. The summed E-state index contributed by atoms with van der Waals surface area (Å²) < 4.78 is 0. The van der Waals surface area contributed by atoms with Gasteiger partial charge in [-0.1, -0.05) is 41.4 Å². The molecule has 2 aromatic carbocycles. The molecule has 0 atom stereocenters. The van der Waals surface area contributed by atoms with Gasteiger partial charge in [-0.3, -0.25) is 4.79 Å². The maximum absolute atomic E-state index is 12.0. The summed E-state index contributed by atoms with van der Waals surface area (Å²) in [6.45, 7) is 0. The van der Waals surface area contributed by atoms with Crippen LogP contribution in [0.1, 0.15) is 5.56 Å². The number of hydrogen-bond acceptors (Lipinski definition) is 4. The predicted octanol–water partition coefficient (Wildman–Crippen LogP) is 4.59. The number of para-hydroxylation sites is 1. The van der Waals surface area contributed by atoms with E-state index < -0.39 is 0 Å². The van der Waals surface area contributed by atoms with E-state index >= 15 is 0 Å². The molecule has 23 heavy (non-hydrogen) atoms. The Morgan fingerprint density at radius 1 is 1.17 bits per heavy atom. The van der Waals surface area contributed by atoms with Gasteiger partial charge in [0.2, 0.25) is 0 Å². The number of nitrogens with one attached hydrogen (secondary N) is 1. The number of aliphatic imine (C=N–C) groups is 1. The molecule has 4 nitrogen and oxygen atoms in total. The smallest absolute Gasteiger partial charge is 0.264 e. The number of aromatic hydroxyl groups is 1. The molecule has 0 spiro atoms. The zero-order valence-electron chi connectivity index (χ0n) is 11.6. The van der Waals surface area contributed by atoms with Gasteiger partial charge >= 0.3 is 0 Å². The van der Waals surface area contributed by atoms with Crippen molar-refractivity contribution in [2.24, 2.45) is 4.99 Å². The average Bonchev–Trinajstić information content (AvgIpc) is 2.85. The van der Waals surface area contributed by atoms with Crippen LogP contribution in [0, 0.1) is 0 Å². The lowest BCUT2D eigenvalue weighted by Crippen LogP contribution is -2.19. The maximum atomic E-state index is 12.0. The van der Waals surface area contributed by atoms with E-state index in [0.29, 0.717) is 31.4 Å². The van der Waals surface area contributed by atoms with Crippen molar-refractivity contribution < 1.29 is 9.90 Å². The number of carbonyl (C=O) groups excluding carboxylic acids is 1. The van der Waals surface area contributed by atoms with E-state index in [1.165, 1.54) is 11.8 Å². The Hall–Kier alpha value is -1.95. The number of benzene rings is 2. The first-order valence-corrected chi connectivity index (χ1v) is 8.13. The first kappa shape index (κ1) is 15.9. The zero-order chi connectivity index (χ0) is 16.4. The van der Waals surface area contributed by atoms with Crippen molar-refractivity contribution in [3.05, 3.63) is 63.0 Å². The number of phenolic OH excluding ortho intramolecular Hbond substituents is 1. The number of thioether (sulfide) groups is 1. The van der Waals surface area contributed by atoms with Crippen molar-refractivity contribution >= 4 is 57.8 Å². The fourth-order valence-corrected chi connectivity index (χ4v) is 3.06. The third kappa shape index (κ3) is 3.69. The molecule has 1 aliphatic rings. The Morgan fingerprint density at radius 3 is 2.74 bits per heavy atom. The molecule has 1 amide bonds. The quantitative estimate of drug-likeness (QED) is 0.766. The molecular weight excluding hydrogens is 355 g/mol. The van der Waals surface area contributed by atoms with Gasteiger partial charge < -0.3 is 10.4 Å². The lowest BCUT2D eigenvalue weighted by Gasteiger charge is -2.00. The highest BCUT2D eigenvalue weighted by atomic mass is 35.5. The van der Waals surface area contributed by atoms with E-state index in [4.69, 9.17) is 23.2 Å². The number of rotatable bonds is 2. The van der Waals surface area contributed by atoms with Crippen LogP contribution in [0.2, 0.25) is 10.0 Å². The van der Waals surface area contributed by atoms with E-state index in [1.54, 1.807) is 48.5 Å². The Kier molecular flexibility index (Phi) is 4.61. The van der Waals surface area contributed by atoms with Gasteiger partial charge in [0.1, 0.15) is 5.75 Å². The fraction of sp³-hybridized carbons (Fsp3) is 0. The molecule has 116 valence electrons. The van der Waals surface area contributed by atoms with Crippen molar-refractivity contribution in [2.75, 3.05) is 0 Å². The highest BCUT2D eigenvalue weighted by Gasteiger charge is 2.24. The summed E-state index contributed by atoms with van der Waals surface area (Å²) in [6.07, 6.45) is 1.61. The summed E-state index contributed by atoms with van der Waals surface area (Å²) in [5.74, 6) is -0.174. The van der Waals surface area contributed by atoms with E-state index in [0.717, 1.165) is 0 Å². The molecule has 2 aromatic rings. The molecule has 3 rings (SSSR count). The van der Waals surface area contributed by atoms with E-state index in [2.05, 4.69) is 10.3 Å². The highest BCUT2D eigenvalue weighted by molar-refractivity contribution is 8.18. The van der Waals surface area contributed by atoms with Crippen LogP contribution in [0.3, 0.4) is 0 Å². The Labute approximate surface area is 146 Å². The fourth-order valence-electron chi connectivity index (χ4n) is 1.91. The minimum atomic E-state index is -0.282. The van der Waals surface area contributed by atoms with Gasteiger partial charge in [-0.2, -0.15) is 0 Å². The largest absolute Gasteiger partial charge is 0.507 e. The third-order valence-electron chi connectivity index (χ3n) is 3.00. The number of amides is 1. The molecule has 1 saturated heterocycles. The second-order valence-corrected chi connectivity index (χ2v) is 6.51. The molecule has 1 fully saturated rings. The molecule has 0 aliphatic carbocycles. The van der Waals surface area contributed by atoms with Crippen LogP contribution < -0.4 is 5.32 Å². The van der Waals surface area contributed by atoms with Gasteiger partial charge in [-0.25, -0.2) is 4.99 Å². The van der Waals surface area contributed by atoms with Crippen LogP contribution in [-0.4, -0.2) is 16.2 Å². The Balaban J connectivity index is 1.89. The van der Waals surface area contributed by atoms with Crippen molar-refractivity contribution in [3.8, 4) is 5.75 Å². The van der Waals surface area contributed by atoms with E-state index in [1.807, 2.05) is 0 Å². The summed E-state index contributed by atoms with van der Waals surface area (Å²) in [7, 11) is 0. The van der Waals surface area contributed by atoms with Crippen LogP contribution in [0.5, 0.6) is 5.75 Å². The molecule has 0 radical (unpaired) electrons. The lowest BCUT2D eigenvalue weighted by atomic mass is 10.2. The Bertz CT molecular complexity index is 850. The summed E-state index contributed by atoms with van der Waals surface area (Å²) in [4.78, 5) is 16.8. The van der Waals surface area contributed by atoms with Crippen LogP contribution >= 0.6 is 35.0 Å². The van der Waals surface area contributed by atoms with Crippen LogP contribution in [-0.2, 0) is 4.79 Å². The summed E-state index contributed by atoms with van der Waals surface area (Å²) in [6, 6.07) is 11.7. The highest BCUT2D eigenvalue weighted by Crippen LogP contribution is 2.33. The topological polar surface area (TPSA) is 61.7 Å². The second kappa shape index (κ2) is 6.66. The van der Waals surface area contributed by atoms with Crippen molar-refractivity contribution in [1.82, 2.24) is 5.32 Å². The van der Waals surface area contributed by atoms with Gasteiger partial charge in [0.05, 0.1) is 15.6 Å². The van der Waals surface area contributed by atoms with E-state index in [9.17, 15) is 9.90 Å². The molecule has 0 unspecified atom stereocenters. The minimum absolute atomic E-state index is 0.108. The lowest BCUT2D eigenvalue weighted by molar-refractivity contribution is -0.115. The molecule has 0 aromatic heterocycles. The molecule has 2 N–H and O–H groups in total. The predicted molar refractivity (Wildman–Crippen MR) is 95.4 cm³/mol. The first-order valence-electron chi connectivity index (χ1n) is 6.55. The molecule has 7 heteroatoms. The van der Waals surface area contributed by atoms with Gasteiger partial charge in [-0.05, 0) is 42.1 Å². The normalized spacial score (nSPS) is 17.7. The molecular formula is C16H10Cl2N2O2S. The number of halogens is 2. The number of carbonyl (C=O) groups is 1. The standard InChI is InChI=1S/C16H10Cl2N2O2S/c17-10-5-6-11(18)12(8-10)19-16-20-15(22)14(23-16)7-9-3-1-2-4-13(9)21/h1-8,21H,(H,19,20,22)/b14-7+. The number of phenols is 1. The zero-order valence-corrected chi connectivity index (χ0v) is 13.9.